The van der Waals surface area contributed by atoms with Crippen molar-refractivity contribution < 1.29 is 112 Å². The van der Waals surface area contributed by atoms with Crippen LogP contribution in [0.5, 0.6) is 0 Å². The van der Waals surface area contributed by atoms with E-state index >= 15 is 0 Å². The van der Waals surface area contributed by atoms with E-state index in [4.69, 9.17) is 42.6 Å². The van der Waals surface area contributed by atoms with Crippen LogP contribution in [-0.2, 0) is 65.4 Å². The number of aliphatic hydroxyl groups excluding tert-OH is 4. The number of nitro groups is 2. The zero-order chi connectivity index (χ0) is 67.2. The number of carbonyl (C=O) groups is 7. The van der Waals surface area contributed by atoms with Gasteiger partial charge in [0.1, 0.15) is 78.0 Å². The number of nitrogens with one attached hydrogen (secondary N) is 6. The molecule has 0 radical (unpaired) electrons. The molecule has 13 atom stereocenters. The van der Waals surface area contributed by atoms with Crippen molar-refractivity contribution in [2.45, 2.75) is 191 Å². The number of alkyl carbamates (subject to hydrolysis) is 4. The lowest BCUT2D eigenvalue weighted by molar-refractivity contribution is -0.385. The highest BCUT2D eigenvalue weighted by atomic mass is 16.7. The molecule has 11 N–H and O–H groups in total. The highest BCUT2D eigenvalue weighted by Crippen LogP contribution is 2.35. The number of nitrogens with zero attached hydrogens (tertiary/aromatic N) is 3. The second-order valence-corrected chi connectivity index (χ2v) is 24.5. The topological polar surface area (TPSA) is 465 Å². The van der Waals surface area contributed by atoms with E-state index < -0.39 is 194 Å². The second kappa shape index (κ2) is 31.0. The minimum Gasteiger partial charge on any atom is -0.465 e. The molecule has 2 aromatic rings. The number of aliphatic hydroxyl groups is 5. The van der Waals surface area contributed by atoms with Gasteiger partial charge in [-0.1, -0.05) is 0 Å². The molecule has 7 amide bonds. The summed E-state index contributed by atoms with van der Waals surface area (Å²) in [6, 6.07) is 3.96. The fraction of sp³-hybridized carbons (Fsp3) is 0.625. The Morgan fingerprint density at radius 2 is 1.09 bits per heavy atom. The van der Waals surface area contributed by atoms with Crippen LogP contribution in [0.15, 0.2) is 60.4 Å². The van der Waals surface area contributed by atoms with Gasteiger partial charge in [0.05, 0.1) is 60.3 Å². The van der Waals surface area contributed by atoms with E-state index in [0.717, 1.165) is 17.0 Å². The molecule has 34 heteroatoms. The third-order valence-corrected chi connectivity index (χ3v) is 13.3. The maximum atomic E-state index is 14.0. The third-order valence-electron chi connectivity index (χ3n) is 13.3. The summed E-state index contributed by atoms with van der Waals surface area (Å²) in [6.07, 6.45) is -20.1. The van der Waals surface area contributed by atoms with Crippen molar-refractivity contribution in [3.8, 4) is 0 Å². The first-order chi connectivity index (χ1) is 41.8. The monoisotopic (exact) mass is 1280 g/mol. The van der Waals surface area contributed by atoms with Crippen LogP contribution in [-0.4, -0.2) is 212 Å². The van der Waals surface area contributed by atoms with Gasteiger partial charge in [-0.15, -0.1) is 0 Å². The van der Waals surface area contributed by atoms with Gasteiger partial charge in [0.25, 0.3) is 23.2 Å². The van der Waals surface area contributed by atoms with Gasteiger partial charge in [0, 0.05) is 31.3 Å². The molecular weight excluding hydrogens is 1200 g/mol. The summed E-state index contributed by atoms with van der Waals surface area (Å²) in [6.45, 7) is 12.2. The molecule has 1 saturated carbocycles. The van der Waals surface area contributed by atoms with Gasteiger partial charge in [0.15, 0.2) is 6.29 Å². The lowest BCUT2D eigenvalue weighted by Crippen LogP contribution is -2.71. The SMILES string of the molecule is CN(C(=O)OC(C)(C)C)[C@@H]1[C@@H](O)[C@@H](O[C@@H]2[C@@H](O)[C@H](O[C@H]3OC(CNC(=O)C(O)CNC(=O)OC(C)(C)C)=CC[C@H]3NC(=O)OCc3ccc([N+](=O)[O-])cc3)[C@@H](NC(=O)OCc3ccc([N+](=O)[O-])cc3)C[C@H]2NC(=O)[C@@H](O)CNC(=O)OC(C)(C)C)OC[C@]1(C)O. The molecule has 500 valence electrons. The average Bonchev–Trinajstić information content (AvgIpc) is 0.784. The van der Waals surface area contributed by atoms with E-state index in [1.54, 1.807) is 62.3 Å². The van der Waals surface area contributed by atoms with Crippen LogP contribution >= 0.6 is 0 Å². The summed E-state index contributed by atoms with van der Waals surface area (Å²) in [5.41, 5.74) is -4.82. The molecule has 2 fully saturated rings. The van der Waals surface area contributed by atoms with E-state index in [1.165, 1.54) is 56.4 Å². The Bertz CT molecular complexity index is 2880. The Hall–Kier alpha value is -8.25. The molecule has 0 spiro atoms. The predicted octanol–water partition coefficient (Wildman–Crippen LogP) is 1.63. The summed E-state index contributed by atoms with van der Waals surface area (Å²) in [7, 11) is 1.23. The van der Waals surface area contributed by atoms with E-state index in [2.05, 4.69) is 31.9 Å². The number of non-ortho nitro benzene ring substituents is 2. The van der Waals surface area contributed by atoms with Gasteiger partial charge in [0.2, 0.25) is 6.29 Å². The Morgan fingerprint density at radius 1 is 0.644 bits per heavy atom. The fourth-order valence-corrected chi connectivity index (χ4v) is 9.18. The van der Waals surface area contributed by atoms with E-state index in [0.29, 0.717) is 5.56 Å². The number of nitro benzene ring substituents is 2. The number of likely N-dealkylation sites (N-methyl/N-ethyl adjacent to an activating group) is 1. The second-order valence-electron chi connectivity index (χ2n) is 24.5. The minimum atomic E-state index is -2.18. The molecule has 34 nitrogen and oxygen atoms in total. The summed E-state index contributed by atoms with van der Waals surface area (Å²) in [5.74, 6) is -2.30. The molecule has 0 bridgehead atoms. The maximum Gasteiger partial charge on any atom is 0.410 e. The molecule has 1 aliphatic carbocycles. The quantitative estimate of drug-likeness (QED) is 0.0453. The number of rotatable bonds is 22. The molecule has 2 heterocycles. The molecule has 90 heavy (non-hydrogen) atoms. The first-order valence-corrected chi connectivity index (χ1v) is 28.3. The van der Waals surface area contributed by atoms with Gasteiger partial charge < -0.3 is 105 Å². The largest absolute Gasteiger partial charge is 0.465 e. The van der Waals surface area contributed by atoms with Gasteiger partial charge in [-0.05, 0) is 124 Å². The Labute approximate surface area is 516 Å². The lowest BCUT2D eigenvalue weighted by Gasteiger charge is -2.50. The highest BCUT2D eigenvalue weighted by Gasteiger charge is 2.55. The predicted molar refractivity (Wildman–Crippen MR) is 308 cm³/mol. The highest BCUT2D eigenvalue weighted by molar-refractivity contribution is 5.82. The van der Waals surface area contributed by atoms with E-state index in [-0.39, 0.29) is 29.1 Å². The van der Waals surface area contributed by atoms with Crippen LogP contribution < -0.4 is 31.9 Å². The third kappa shape index (κ3) is 22.4. The normalized spacial score (nSPS) is 25.0. The van der Waals surface area contributed by atoms with Crippen molar-refractivity contribution in [2.75, 3.05) is 33.3 Å². The maximum absolute atomic E-state index is 14.0. The lowest BCUT2D eigenvalue weighted by atomic mass is 9.82. The fourth-order valence-electron chi connectivity index (χ4n) is 9.18. The number of hydrogen-bond acceptors (Lipinski definition) is 25. The molecule has 2 aromatic carbocycles. The van der Waals surface area contributed by atoms with Crippen molar-refractivity contribution in [2.24, 2.45) is 0 Å². The van der Waals surface area contributed by atoms with Crippen LogP contribution in [0.4, 0.5) is 35.3 Å². The average molecular weight is 1280 g/mol. The van der Waals surface area contributed by atoms with E-state index in [1.807, 2.05) is 0 Å². The van der Waals surface area contributed by atoms with Crippen LogP contribution in [0.2, 0.25) is 0 Å². The Balaban J connectivity index is 1.54. The molecule has 1 unspecified atom stereocenters. The number of carbonyl (C=O) groups excluding carboxylic acids is 7. The van der Waals surface area contributed by atoms with Crippen molar-refractivity contribution in [1.29, 1.82) is 0 Å². The summed E-state index contributed by atoms with van der Waals surface area (Å²) in [5, 5.41) is 95.5. The van der Waals surface area contributed by atoms with Crippen molar-refractivity contribution in [3.63, 3.8) is 0 Å². The van der Waals surface area contributed by atoms with Crippen LogP contribution in [0.1, 0.15) is 93.2 Å². The number of hydrogen-bond donors (Lipinski definition) is 11. The summed E-state index contributed by atoms with van der Waals surface area (Å²) in [4.78, 5) is 115. The van der Waals surface area contributed by atoms with Gasteiger partial charge in [-0.25, -0.2) is 24.0 Å². The molecule has 1 saturated heterocycles. The molecule has 0 aromatic heterocycles. The molecule has 2 aliphatic heterocycles. The first kappa shape index (κ1) is 72.5. The summed E-state index contributed by atoms with van der Waals surface area (Å²) >= 11 is 0. The molecular formula is C56H81N9O25. The van der Waals surface area contributed by atoms with Crippen molar-refractivity contribution in [1.82, 2.24) is 36.8 Å². The first-order valence-electron chi connectivity index (χ1n) is 28.3. The van der Waals surface area contributed by atoms with Gasteiger partial charge >= 0.3 is 30.5 Å². The molecule has 5 rings (SSSR count). The van der Waals surface area contributed by atoms with Gasteiger partial charge in [-0.3, -0.25) is 29.8 Å². The summed E-state index contributed by atoms with van der Waals surface area (Å²) < 4.78 is 51.8. The van der Waals surface area contributed by atoms with Crippen molar-refractivity contribution in [3.05, 3.63) is 91.7 Å². The number of benzene rings is 2. The van der Waals surface area contributed by atoms with E-state index in [9.17, 15) is 79.3 Å². The zero-order valence-electron chi connectivity index (χ0n) is 51.5. The standard InChI is InChI=1S/C56H81N9O25/c1-53(2,3)88-48(72)58-24-37(66)44(70)57-23-33-20-21-34(61-50(74)82-26-29-12-16-31(17-13-29)64(78)79)46(85-33)86-42-36(62-51(75)83-27-30-14-18-32(19-15-30)65(80)81)22-35(60-45(71)38(67)25-59-49(73)89-54(4,5)6)41(39(42)68)87-47-40(69)43(56(10,77)28-84-47)63(11)52(76)90-55(7,8)9/h12-20,34-43,46-47,66-69,77H,21-28H2,1-11H3,(H,57,70)(H,58,72)(H,59,73)(H,60,71)(H,61,74)(H,62,75)/t34-,35-,36+,37?,38+,39-,40-,41+,42-,43-,46-,47-,56+/m1/s1. The Kier molecular flexibility index (Phi) is 25.0. The number of ether oxygens (including phenoxy) is 9. The van der Waals surface area contributed by atoms with Crippen LogP contribution in [0, 0.1) is 20.2 Å². The number of amides is 7. The molecule has 3 aliphatic rings. The Morgan fingerprint density at radius 3 is 1.56 bits per heavy atom. The minimum absolute atomic E-state index is 0.0897. The van der Waals surface area contributed by atoms with Crippen LogP contribution in [0.3, 0.4) is 0 Å². The smallest absolute Gasteiger partial charge is 0.410 e. The van der Waals surface area contributed by atoms with Crippen LogP contribution in [0.25, 0.3) is 0 Å². The zero-order valence-corrected chi connectivity index (χ0v) is 51.5. The van der Waals surface area contributed by atoms with Crippen molar-refractivity contribution >= 4 is 53.7 Å². The van der Waals surface area contributed by atoms with Gasteiger partial charge in [-0.2, -0.15) is 0 Å².